The first-order valence-corrected chi connectivity index (χ1v) is 19.0. The third-order valence-corrected chi connectivity index (χ3v) is 9.53. The van der Waals surface area contributed by atoms with E-state index >= 15 is 0 Å². The molecule has 0 aromatic heterocycles. The fourth-order valence-electron chi connectivity index (χ4n) is 6.65. The predicted octanol–water partition coefficient (Wildman–Crippen LogP) is 9.36. The molecule has 0 saturated heterocycles. The molecule has 0 spiro atoms. The minimum absolute atomic E-state index is 0.220. The molecular formula is C46H60N2O9. The monoisotopic (exact) mass is 784 g/mol. The zero-order valence-corrected chi connectivity index (χ0v) is 35.0. The van der Waals surface area contributed by atoms with Crippen molar-refractivity contribution in [1.29, 1.82) is 0 Å². The number of ketones is 1. The van der Waals surface area contributed by atoms with E-state index in [0.29, 0.717) is 18.4 Å². The second-order valence-corrected chi connectivity index (χ2v) is 15.8. The average molecular weight is 785 g/mol. The van der Waals surface area contributed by atoms with Gasteiger partial charge in [0.25, 0.3) is 0 Å². The van der Waals surface area contributed by atoms with E-state index < -0.39 is 48.7 Å². The van der Waals surface area contributed by atoms with Gasteiger partial charge in [0.15, 0.2) is 11.9 Å². The van der Waals surface area contributed by atoms with Crippen LogP contribution in [0.1, 0.15) is 88.5 Å². The van der Waals surface area contributed by atoms with Gasteiger partial charge in [-0.15, -0.1) is 0 Å². The number of Topliss-reactive ketones (excluding diaryl/α,β-unsaturated/α-hetero) is 1. The lowest BCUT2D eigenvalue weighted by Crippen LogP contribution is -2.41. The van der Waals surface area contributed by atoms with Crippen LogP contribution in [0.5, 0.6) is 0 Å². The Morgan fingerprint density at radius 2 is 1.07 bits per heavy atom. The Morgan fingerprint density at radius 1 is 0.649 bits per heavy atom. The third kappa shape index (κ3) is 16.9. The molecule has 2 rings (SSSR count). The zero-order valence-electron chi connectivity index (χ0n) is 35.0. The van der Waals surface area contributed by atoms with Crippen LogP contribution in [0.25, 0.3) is 0 Å². The van der Waals surface area contributed by atoms with E-state index in [9.17, 15) is 24.0 Å². The number of hydrogen-bond acceptors (Lipinski definition) is 7. The van der Waals surface area contributed by atoms with Gasteiger partial charge in [-0.25, -0.2) is 9.59 Å². The quantitative estimate of drug-likeness (QED) is 0.111. The van der Waals surface area contributed by atoms with Gasteiger partial charge in [0.05, 0.1) is 0 Å². The number of carbonyl (C=O) groups is 5. The number of rotatable bonds is 16. The Balaban J connectivity index is 1.94. The van der Waals surface area contributed by atoms with Crippen molar-refractivity contribution in [1.82, 2.24) is 10.6 Å². The van der Waals surface area contributed by atoms with E-state index in [4.69, 9.17) is 19.7 Å². The largest absolute Gasteiger partial charge is 0.480 e. The van der Waals surface area contributed by atoms with E-state index in [1.54, 1.807) is 6.92 Å². The minimum Gasteiger partial charge on any atom is -0.480 e. The molecule has 57 heavy (non-hydrogen) atoms. The van der Waals surface area contributed by atoms with Gasteiger partial charge in [-0.3, -0.25) is 14.4 Å². The Bertz CT molecular complexity index is 1890. The normalized spacial score (nSPS) is 21.1. The first kappa shape index (κ1) is 47.4. The van der Waals surface area contributed by atoms with Crippen molar-refractivity contribution in [3.63, 3.8) is 0 Å². The summed E-state index contributed by atoms with van der Waals surface area (Å²) in [5.41, 5.74) is 7.27. The van der Waals surface area contributed by atoms with Crippen molar-refractivity contribution in [3.8, 4) is 0 Å². The molecule has 2 atom stereocenters. The highest BCUT2D eigenvalue weighted by atomic mass is 16.6. The molecule has 11 nitrogen and oxygen atoms in total. The number of alkyl carbamates (subject to hydrolysis) is 2. The van der Waals surface area contributed by atoms with Crippen LogP contribution in [-0.2, 0) is 23.9 Å². The Morgan fingerprint density at radius 3 is 1.54 bits per heavy atom. The number of carboxylic acids is 2. The first-order chi connectivity index (χ1) is 26.6. The smallest absolute Gasteiger partial charge is 0.408 e. The Kier molecular flexibility index (Phi) is 18.4. The molecule has 0 bridgehead atoms. The number of allylic oxidation sites excluding steroid dienone is 20. The van der Waals surface area contributed by atoms with Crippen LogP contribution in [-0.4, -0.2) is 65.4 Å². The predicted molar refractivity (Wildman–Crippen MR) is 224 cm³/mol. The Hall–Kier alpha value is -5.71. The molecule has 0 radical (unpaired) electrons. The molecule has 0 aliphatic heterocycles. The van der Waals surface area contributed by atoms with Crippen molar-refractivity contribution in [3.05, 3.63) is 130 Å². The van der Waals surface area contributed by atoms with Crippen molar-refractivity contribution in [2.45, 2.75) is 101 Å². The summed E-state index contributed by atoms with van der Waals surface area (Å²) in [5.74, 6) is -2.62. The molecule has 2 unspecified atom stereocenters. The maximum Gasteiger partial charge on any atom is 0.408 e. The number of carbonyl (C=O) groups excluding carboxylic acids is 3. The summed E-state index contributed by atoms with van der Waals surface area (Å²) in [5, 5.41) is 21.9. The molecule has 2 aliphatic carbocycles. The van der Waals surface area contributed by atoms with E-state index in [0.717, 1.165) is 33.4 Å². The molecule has 308 valence electrons. The number of nitrogens with one attached hydrogen (secondary N) is 2. The summed E-state index contributed by atoms with van der Waals surface area (Å²) in [4.78, 5) is 58.3. The second kappa shape index (κ2) is 22.1. The van der Waals surface area contributed by atoms with Gasteiger partial charge in [-0.1, -0.05) is 141 Å². The lowest BCUT2D eigenvalue weighted by molar-refractivity contribution is -0.136. The molecule has 2 aliphatic rings. The summed E-state index contributed by atoms with van der Waals surface area (Å²) >= 11 is 0. The SMILES string of the molecule is CC1=C(/C=C/C(C)=C/C=C/C(C)=C/C=C/C=C(C)/C=C/C=C(C)/C=C/C2=C(C)C(=O)C(OC(=O)NCC(=O)O)CC2(C)C)C(C)(C)CC(OC(=O)NCC(=O)O)C1. The number of hydrogen-bond donors (Lipinski definition) is 4. The van der Waals surface area contributed by atoms with Crippen LogP contribution in [0.2, 0.25) is 0 Å². The summed E-state index contributed by atoms with van der Waals surface area (Å²) in [7, 11) is 0. The maximum atomic E-state index is 13.0. The minimum atomic E-state index is -1.20. The highest BCUT2D eigenvalue weighted by Crippen LogP contribution is 2.42. The highest BCUT2D eigenvalue weighted by molar-refractivity contribution is 6.01. The molecule has 0 saturated carbocycles. The van der Waals surface area contributed by atoms with Crippen LogP contribution in [0, 0.1) is 10.8 Å². The lowest BCUT2D eigenvalue weighted by atomic mass is 9.71. The van der Waals surface area contributed by atoms with E-state index in [-0.39, 0.29) is 23.7 Å². The number of aliphatic carboxylic acids is 2. The van der Waals surface area contributed by atoms with Gasteiger partial charge in [-0.2, -0.15) is 0 Å². The summed E-state index contributed by atoms with van der Waals surface area (Å²) in [6.07, 6.45) is 26.8. The van der Waals surface area contributed by atoms with Crippen LogP contribution in [0.15, 0.2) is 130 Å². The molecule has 0 aromatic carbocycles. The Labute approximate surface area is 337 Å². The van der Waals surface area contributed by atoms with Crippen molar-refractivity contribution in [2.24, 2.45) is 10.8 Å². The molecular weight excluding hydrogens is 725 g/mol. The highest BCUT2D eigenvalue weighted by Gasteiger charge is 2.40. The lowest BCUT2D eigenvalue weighted by Gasteiger charge is -2.37. The summed E-state index contributed by atoms with van der Waals surface area (Å²) in [6, 6.07) is 0. The fourth-order valence-corrected chi connectivity index (χ4v) is 6.65. The fraction of sp³-hybridized carbons (Fsp3) is 0.413. The molecule has 11 heteroatoms. The maximum absolute atomic E-state index is 13.0. The number of carboxylic acid groups (broad SMARTS) is 2. The van der Waals surface area contributed by atoms with Gasteiger partial charge < -0.3 is 30.3 Å². The van der Waals surface area contributed by atoms with E-state index in [1.165, 1.54) is 5.57 Å². The van der Waals surface area contributed by atoms with Gasteiger partial charge in [0.2, 0.25) is 0 Å². The average Bonchev–Trinajstić information content (AvgIpc) is 3.09. The summed E-state index contributed by atoms with van der Waals surface area (Å²) < 4.78 is 10.7. The van der Waals surface area contributed by atoms with E-state index in [1.807, 2.05) is 115 Å². The van der Waals surface area contributed by atoms with Crippen molar-refractivity contribution < 1.29 is 43.7 Å². The molecule has 0 fully saturated rings. The molecule has 0 aromatic rings. The zero-order chi connectivity index (χ0) is 42.9. The van der Waals surface area contributed by atoms with Crippen molar-refractivity contribution in [2.75, 3.05) is 13.1 Å². The van der Waals surface area contributed by atoms with Gasteiger partial charge in [0.1, 0.15) is 19.2 Å². The third-order valence-electron chi connectivity index (χ3n) is 9.53. The van der Waals surface area contributed by atoms with Gasteiger partial charge in [-0.05, 0) is 75.5 Å². The molecule has 2 amide bonds. The standard InChI is InChI=1S/C46H60N2O9/c1-30(17-13-19-32(3)21-23-37-34(5)25-36(26-45(37,7)8)56-43(54)47-28-40(49)50)15-11-12-16-31(2)18-14-20-33(4)22-24-38-35(6)42(53)39(27-46(38,9)10)57-44(55)48-29-41(51)52/h11-24,36,39H,25-29H2,1-10H3,(H,47,54)(H,48,55)(H,49,50)(H,51,52)/b12-11+,17-13+,18-14+,23-21+,24-22+,30-15+,31-16+,32-19+,33-20+. The second-order valence-electron chi connectivity index (χ2n) is 15.8. The van der Waals surface area contributed by atoms with Crippen molar-refractivity contribution >= 4 is 29.9 Å². The van der Waals surface area contributed by atoms with Crippen LogP contribution in [0.3, 0.4) is 0 Å². The van der Waals surface area contributed by atoms with E-state index in [2.05, 4.69) is 42.7 Å². The number of ether oxygens (including phenoxy) is 2. The van der Waals surface area contributed by atoms with Crippen LogP contribution >= 0.6 is 0 Å². The van der Waals surface area contributed by atoms with Crippen LogP contribution < -0.4 is 10.6 Å². The van der Waals surface area contributed by atoms with Crippen LogP contribution in [0.4, 0.5) is 9.59 Å². The summed E-state index contributed by atoms with van der Waals surface area (Å²) in [6.45, 7) is 19.0. The molecule has 4 N–H and O–H groups in total. The number of amides is 2. The topological polar surface area (TPSA) is 168 Å². The van der Waals surface area contributed by atoms with Gasteiger partial charge >= 0.3 is 24.1 Å². The molecule has 0 heterocycles. The van der Waals surface area contributed by atoms with Gasteiger partial charge in [0, 0.05) is 12.8 Å². The first-order valence-electron chi connectivity index (χ1n) is 19.0.